The van der Waals surface area contributed by atoms with Gasteiger partial charge in [0.05, 0.1) is 25.4 Å². The van der Waals surface area contributed by atoms with Gasteiger partial charge in [-0.15, -0.1) is 24.5 Å². The predicted molar refractivity (Wildman–Crippen MR) is 129 cm³/mol. The molecule has 0 aliphatic rings. The summed E-state index contributed by atoms with van der Waals surface area (Å²) in [5.41, 5.74) is 2.57. The van der Waals surface area contributed by atoms with Gasteiger partial charge in [0.25, 0.3) is 0 Å². The molecule has 0 saturated heterocycles. The highest BCUT2D eigenvalue weighted by molar-refractivity contribution is 7.07. The number of alkyl halides is 3. The molecule has 0 unspecified atom stereocenters. The largest absolute Gasteiger partial charge is 0.573 e. The van der Waals surface area contributed by atoms with E-state index in [0.29, 0.717) is 37.7 Å². The minimum Gasteiger partial charge on any atom is -0.465 e. The Labute approximate surface area is 210 Å². The molecule has 0 aliphatic heterocycles. The van der Waals surface area contributed by atoms with Gasteiger partial charge in [0.15, 0.2) is 4.80 Å². The predicted octanol–water partition coefficient (Wildman–Crippen LogP) is 5.41. The highest BCUT2D eigenvalue weighted by Gasteiger charge is 2.31. The van der Waals surface area contributed by atoms with E-state index in [1.54, 1.807) is 31.2 Å². The first kappa shape index (κ1) is 26.8. The van der Waals surface area contributed by atoms with E-state index in [2.05, 4.69) is 10.1 Å². The number of carbonyl (C=O) groups excluding carboxylic acids is 1. The molecule has 0 amide bonds. The maximum absolute atomic E-state index is 12.5. The summed E-state index contributed by atoms with van der Waals surface area (Å²) in [6, 6.07) is 13.2. The number of halogens is 4. The summed E-state index contributed by atoms with van der Waals surface area (Å²) in [5, 5.41) is 5.62. The van der Waals surface area contributed by atoms with Gasteiger partial charge in [0.1, 0.15) is 5.75 Å². The van der Waals surface area contributed by atoms with E-state index in [9.17, 15) is 18.0 Å². The third kappa shape index (κ3) is 8.72. The van der Waals surface area contributed by atoms with Crippen LogP contribution in [0.25, 0.3) is 11.3 Å². The third-order valence-electron chi connectivity index (χ3n) is 4.80. The van der Waals surface area contributed by atoms with Gasteiger partial charge in [-0.1, -0.05) is 23.7 Å². The van der Waals surface area contributed by atoms with E-state index in [0.717, 1.165) is 21.6 Å². The number of ether oxygens (including phenoxy) is 2. The quantitative estimate of drug-likeness (QED) is 0.267. The molecular weight excluding hydrogens is 503 g/mol. The lowest BCUT2D eigenvalue weighted by Gasteiger charge is -2.12. The molecule has 0 radical (unpaired) electrons. The van der Waals surface area contributed by atoms with Crippen LogP contribution in [0, 0.1) is 0 Å². The van der Waals surface area contributed by atoms with Crippen LogP contribution < -0.4 is 14.9 Å². The average molecular weight is 528 g/mol. The Bertz CT molecular complexity index is 1160. The van der Waals surface area contributed by atoms with Crippen LogP contribution >= 0.6 is 22.9 Å². The maximum Gasteiger partial charge on any atom is 0.573 e. The van der Waals surface area contributed by atoms with Crippen molar-refractivity contribution in [2.45, 2.75) is 32.8 Å². The molecule has 3 aromatic rings. The number of esters is 1. The summed E-state index contributed by atoms with van der Waals surface area (Å²) < 4.78 is 48.4. The number of hydrogen-bond acceptors (Lipinski definition) is 6. The van der Waals surface area contributed by atoms with Crippen molar-refractivity contribution in [3.8, 4) is 17.0 Å². The van der Waals surface area contributed by atoms with E-state index in [4.69, 9.17) is 21.3 Å². The molecule has 0 atom stereocenters. The number of hydrogen-bond donors (Lipinski definition) is 1. The van der Waals surface area contributed by atoms with Crippen LogP contribution in [0.3, 0.4) is 0 Å². The van der Waals surface area contributed by atoms with Crippen LogP contribution in [0.5, 0.6) is 5.75 Å². The van der Waals surface area contributed by atoms with E-state index in [1.165, 1.54) is 23.5 Å². The zero-order chi connectivity index (χ0) is 25.3. The molecule has 1 N–H and O–H groups in total. The molecule has 11 heteroatoms. The number of nitrogens with zero attached hydrogens (tertiary/aromatic N) is 2. The number of rotatable bonds is 11. The van der Waals surface area contributed by atoms with E-state index in [-0.39, 0.29) is 18.3 Å². The van der Waals surface area contributed by atoms with Gasteiger partial charge < -0.3 is 19.4 Å². The SMILES string of the molecule is CCOC(=O)CNCCCn1c(-c2ccc(OC(F)(F)F)cc2)cs/c1=N\Cc1ccc(Cl)cc1. The van der Waals surface area contributed by atoms with Crippen molar-refractivity contribution in [3.63, 3.8) is 0 Å². The Kier molecular flexibility index (Phi) is 9.76. The smallest absolute Gasteiger partial charge is 0.465 e. The van der Waals surface area contributed by atoms with Gasteiger partial charge in [-0.05, 0) is 67.4 Å². The average Bonchev–Trinajstić information content (AvgIpc) is 3.21. The Morgan fingerprint density at radius 1 is 1.14 bits per heavy atom. The molecule has 0 aliphatic carbocycles. The number of aromatic nitrogens is 1. The van der Waals surface area contributed by atoms with E-state index < -0.39 is 6.36 Å². The fourth-order valence-corrected chi connectivity index (χ4v) is 4.30. The summed E-state index contributed by atoms with van der Waals surface area (Å²) in [5.74, 6) is -0.588. The minimum atomic E-state index is -4.74. The third-order valence-corrected chi connectivity index (χ3v) is 5.95. The van der Waals surface area contributed by atoms with E-state index >= 15 is 0 Å². The van der Waals surface area contributed by atoms with Crippen LogP contribution in [0.15, 0.2) is 58.9 Å². The van der Waals surface area contributed by atoms with Gasteiger partial charge in [-0.25, -0.2) is 0 Å². The van der Waals surface area contributed by atoms with Gasteiger partial charge >= 0.3 is 12.3 Å². The highest BCUT2D eigenvalue weighted by atomic mass is 35.5. The lowest BCUT2D eigenvalue weighted by atomic mass is 10.1. The number of benzene rings is 2. The zero-order valence-corrected chi connectivity index (χ0v) is 20.6. The standard InChI is InChI=1S/C24H25ClF3N3O3S/c1-2-33-22(32)15-29-12-3-13-31-21(18-6-10-20(11-7-18)34-24(26,27)28)16-35-23(31)30-14-17-4-8-19(25)9-5-17/h4-11,16,29H,2-3,12-15H2,1H3/b30-23-. The molecule has 0 spiro atoms. The lowest BCUT2D eigenvalue weighted by molar-refractivity contribution is -0.274. The van der Waals surface area contributed by atoms with Crippen LogP contribution in [-0.2, 0) is 22.6 Å². The molecule has 0 saturated carbocycles. The molecule has 2 aromatic carbocycles. The monoisotopic (exact) mass is 527 g/mol. The molecule has 1 aromatic heterocycles. The number of carbonyl (C=O) groups is 1. The summed E-state index contributed by atoms with van der Waals surface area (Å²) in [6.45, 7) is 3.84. The van der Waals surface area contributed by atoms with Gasteiger partial charge in [0, 0.05) is 16.9 Å². The minimum absolute atomic E-state index is 0.128. The topological polar surface area (TPSA) is 64.8 Å². The molecule has 1 heterocycles. The molecule has 188 valence electrons. The van der Waals surface area contributed by atoms with Gasteiger partial charge in [-0.3, -0.25) is 9.79 Å². The second-order valence-electron chi connectivity index (χ2n) is 7.41. The fourth-order valence-electron chi connectivity index (χ4n) is 3.24. The van der Waals surface area contributed by atoms with Crippen LogP contribution in [-0.4, -0.2) is 36.6 Å². The van der Waals surface area contributed by atoms with Gasteiger partial charge in [0.2, 0.25) is 0 Å². The van der Waals surface area contributed by atoms with Crippen molar-refractivity contribution in [1.82, 2.24) is 9.88 Å². The van der Waals surface area contributed by atoms with Crippen molar-refractivity contribution in [2.75, 3.05) is 19.7 Å². The normalized spacial score (nSPS) is 12.1. The van der Waals surface area contributed by atoms with Crippen molar-refractivity contribution < 1.29 is 27.4 Å². The number of nitrogens with one attached hydrogen (secondary N) is 1. The summed E-state index contributed by atoms with van der Waals surface area (Å²) in [6.07, 6.45) is -4.04. The Morgan fingerprint density at radius 3 is 2.51 bits per heavy atom. The first-order valence-electron chi connectivity index (χ1n) is 10.9. The number of thiazole rings is 1. The summed E-state index contributed by atoms with van der Waals surface area (Å²) in [7, 11) is 0. The Morgan fingerprint density at radius 2 is 1.86 bits per heavy atom. The highest BCUT2D eigenvalue weighted by Crippen LogP contribution is 2.27. The molecule has 0 bridgehead atoms. The molecular formula is C24H25ClF3N3O3S. The van der Waals surface area contributed by atoms with Crippen molar-refractivity contribution in [1.29, 1.82) is 0 Å². The van der Waals surface area contributed by atoms with Crippen molar-refractivity contribution in [3.05, 3.63) is 69.3 Å². The molecule has 6 nitrogen and oxygen atoms in total. The van der Waals surface area contributed by atoms with Crippen LogP contribution in [0.1, 0.15) is 18.9 Å². The van der Waals surface area contributed by atoms with Crippen LogP contribution in [0.4, 0.5) is 13.2 Å². The second kappa shape index (κ2) is 12.8. The lowest BCUT2D eigenvalue weighted by Crippen LogP contribution is -2.27. The van der Waals surface area contributed by atoms with Gasteiger partial charge in [-0.2, -0.15) is 0 Å². The van der Waals surface area contributed by atoms with Crippen LogP contribution in [0.2, 0.25) is 5.02 Å². The fraction of sp³-hybridized carbons (Fsp3) is 0.333. The molecule has 35 heavy (non-hydrogen) atoms. The first-order chi connectivity index (χ1) is 16.7. The summed E-state index contributed by atoms with van der Waals surface area (Å²) >= 11 is 7.40. The zero-order valence-electron chi connectivity index (χ0n) is 19.0. The maximum atomic E-state index is 12.5. The first-order valence-corrected chi connectivity index (χ1v) is 12.2. The Hall–Kier alpha value is -2.82. The molecule has 3 rings (SSSR count). The van der Waals surface area contributed by atoms with E-state index in [1.807, 2.05) is 22.1 Å². The Balaban J connectivity index is 1.78. The van der Waals surface area contributed by atoms with Crippen molar-refractivity contribution in [2.24, 2.45) is 4.99 Å². The summed E-state index contributed by atoms with van der Waals surface area (Å²) in [4.78, 5) is 17.0. The molecule has 0 fully saturated rings. The second-order valence-corrected chi connectivity index (χ2v) is 8.68. The van der Waals surface area contributed by atoms with Crippen molar-refractivity contribution >= 4 is 28.9 Å².